The van der Waals surface area contributed by atoms with E-state index < -0.39 is 5.97 Å². The Morgan fingerprint density at radius 3 is 2.73 bits per heavy atom. The molecule has 0 amide bonds. The van der Waals surface area contributed by atoms with E-state index in [-0.39, 0.29) is 59.3 Å². The summed E-state index contributed by atoms with van der Waals surface area (Å²) in [4.78, 5) is 26.5. The van der Waals surface area contributed by atoms with Crippen molar-refractivity contribution in [2.24, 2.45) is 28.6 Å². The first-order valence-corrected chi connectivity index (χ1v) is 13.7. The number of carboxylic acid groups (broad SMARTS) is 1. The molecule has 1 aliphatic heterocycles. The van der Waals surface area contributed by atoms with Crippen LogP contribution in [-0.2, 0) is 14.3 Å². The third kappa shape index (κ3) is 4.67. The molecule has 0 radical (unpaired) electrons. The maximum Gasteiger partial charge on any atom is 0.341 e. The number of aromatic carboxylic acids is 1. The van der Waals surface area contributed by atoms with E-state index >= 15 is 0 Å². The number of hydrogen-bond acceptors (Lipinski definition) is 7. The third-order valence-corrected chi connectivity index (χ3v) is 9.88. The van der Waals surface area contributed by atoms with Crippen molar-refractivity contribution >= 4 is 12.4 Å². The second kappa shape index (κ2) is 10.4. The molecular weight excluding hydrogens is 474 g/mol. The van der Waals surface area contributed by atoms with E-state index in [0.717, 1.165) is 32.3 Å². The molecule has 0 spiro atoms. The van der Waals surface area contributed by atoms with Crippen LogP contribution in [0.3, 0.4) is 0 Å². The Hall–Kier alpha value is -2.45. The van der Waals surface area contributed by atoms with Gasteiger partial charge < -0.3 is 24.1 Å². The highest BCUT2D eigenvalue weighted by atomic mass is 16.7. The van der Waals surface area contributed by atoms with Crippen molar-refractivity contribution in [1.29, 1.82) is 0 Å². The molecule has 6 atom stereocenters. The molecule has 0 bridgehead atoms. The minimum Gasteiger partial charge on any atom is -0.489 e. The summed E-state index contributed by atoms with van der Waals surface area (Å²) in [5.41, 5.74) is 1.07. The van der Waals surface area contributed by atoms with Crippen LogP contribution in [0.15, 0.2) is 24.5 Å². The average Bonchev–Trinajstić information content (AvgIpc) is 3.41. The van der Waals surface area contributed by atoms with Gasteiger partial charge in [-0.2, -0.15) is 0 Å². The second-order valence-corrected chi connectivity index (χ2v) is 11.9. The smallest absolute Gasteiger partial charge is 0.341 e. The van der Waals surface area contributed by atoms with Crippen molar-refractivity contribution in [1.82, 2.24) is 4.98 Å². The number of pyridine rings is 1. The van der Waals surface area contributed by atoms with Crippen LogP contribution in [0.2, 0.25) is 0 Å². The van der Waals surface area contributed by atoms with Crippen LogP contribution >= 0.6 is 0 Å². The molecule has 37 heavy (non-hydrogen) atoms. The molecule has 0 aromatic carbocycles. The zero-order chi connectivity index (χ0) is 26.2. The van der Waals surface area contributed by atoms with Crippen molar-refractivity contribution < 1.29 is 33.6 Å². The minimum atomic E-state index is -1.19. The fourth-order valence-electron chi connectivity index (χ4n) is 8.01. The number of nitrogens with zero attached hydrogens (tertiary/aromatic N) is 1. The van der Waals surface area contributed by atoms with Crippen molar-refractivity contribution in [3.63, 3.8) is 0 Å². The average molecular weight is 514 g/mol. The fourth-order valence-corrected chi connectivity index (χ4v) is 8.01. The van der Waals surface area contributed by atoms with E-state index in [1.54, 1.807) is 0 Å². The summed E-state index contributed by atoms with van der Waals surface area (Å²) in [6, 6.07) is 0. The third-order valence-electron chi connectivity index (χ3n) is 9.88. The maximum atomic E-state index is 11.7. The molecule has 1 unspecified atom stereocenters. The first-order chi connectivity index (χ1) is 17.8. The molecule has 1 aromatic rings. The summed E-state index contributed by atoms with van der Waals surface area (Å²) < 4.78 is 24.0. The Morgan fingerprint density at radius 1 is 1.22 bits per heavy atom. The molecular formula is C29H39NO7. The van der Waals surface area contributed by atoms with Crippen LogP contribution < -0.4 is 9.47 Å². The van der Waals surface area contributed by atoms with Gasteiger partial charge in [0.2, 0.25) is 0 Å². The van der Waals surface area contributed by atoms with Crippen LogP contribution in [0.4, 0.5) is 0 Å². The topological polar surface area (TPSA) is 104 Å². The molecule has 3 aliphatic carbocycles. The Balaban J connectivity index is 1.31. The summed E-state index contributed by atoms with van der Waals surface area (Å²) in [7, 11) is 0. The van der Waals surface area contributed by atoms with Gasteiger partial charge in [0.05, 0.1) is 25.5 Å². The van der Waals surface area contributed by atoms with Crippen LogP contribution in [0, 0.1) is 28.6 Å². The summed E-state index contributed by atoms with van der Waals surface area (Å²) in [6.45, 7) is 10.4. The lowest BCUT2D eigenvalue weighted by atomic mass is 9.46. The Morgan fingerprint density at radius 2 is 2.00 bits per heavy atom. The number of hydrogen-bond donors (Lipinski definition) is 1. The number of aromatic nitrogens is 1. The summed E-state index contributed by atoms with van der Waals surface area (Å²) in [5.74, 6) is 0.0341. The minimum absolute atomic E-state index is 0.00259. The molecule has 5 rings (SSSR count). The molecule has 1 saturated heterocycles. The van der Waals surface area contributed by atoms with Gasteiger partial charge in [0.15, 0.2) is 17.8 Å². The van der Waals surface area contributed by atoms with Crippen molar-refractivity contribution in [2.75, 3.05) is 13.2 Å². The van der Waals surface area contributed by atoms with Gasteiger partial charge in [-0.15, -0.1) is 0 Å². The number of fused-ring (bicyclic) bond motifs is 3. The number of ether oxygens (including phenoxy) is 4. The lowest BCUT2D eigenvalue weighted by molar-refractivity contribution is -0.316. The van der Waals surface area contributed by atoms with Gasteiger partial charge in [-0.05, 0) is 62.2 Å². The van der Waals surface area contributed by atoms with E-state index in [4.69, 9.17) is 18.9 Å². The van der Waals surface area contributed by atoms with Crippen LogP contribution in [0.5, 0.6) is 11.5 Å². The lowest BCUT2D eigenvalue weighted by Gasteiger charge is -2.63. The molecule has 4 fully saturated rings. The van der Waals surface area contributed by atoms with Crippen molar-refractivity contribution in [3.8, 4) is 11.5 Å². The first-order valence-electron chi connectivity index (χ1n) is 13.7. The zero-order valence-corrected chi connectivity index (χ0v) is 21.9. The van der Waals surface area contributed by atoms with Crippen LogP contribution in [-0.4, -0.2) is 48.1 Å². The van der Waals surface area contributed by atoms with Crippen molar-refractivity contribution in [2.45, 2.75) is 84.0 Å². The van der Waals surface area contributed by atoms with Crippen LogP contribution in [0.25, 0.3) is 0 Å². The number of carbonyl (C=O) groups excluding carboxylic acids is 1. The molecule has 3 saturated carbocycles. The SMILES string of the molecule is C=C1CCC2[C@]3(C)CO[C@@H](C4CCCC4)O[C@@H]3CC[C@@]2(C)[C@@H]1CCOc1c(OC=O)cncc1C(=O)O. The Bertz CT molecular complexity index is 1040. The predicted molar refractivity (Wildman–Crippen MR) is 135 cm³/mol. The van der Waals surface area contributed by atoms with Crippen molar-refractivity contribution in [3.05, 3.63) is 30.1 Å². The van der Waals surface area contributed by atoms with E-state index in [1.807, 2.05) is 0 Å². The van der Waals surface area contributed by atoms with E-state index in [1.165, 1.54) is 43.7 Å². The predicted octanol–water partition coefficient (Wildman–Crippen LogP) is 5.40. The molecule has 1 N–H and O–H groups in total. The fraction of sp³-hybridized carbons (Fsp3) is 0.690. The molecule has 8 nitrogen and oxygen atoms in total. The zero-order valence-electron chi connectivity index (χ0n) is 21.9. The highest BCUT2D eigenvalue weighted by Gasteiger charge is 2.60. The number of allylic oxidation sites excluding steroid dienone is 1. The largest absolute Gasteiger partial charge is 0.489 e. The molecule has 2 heterocycles. The normalized spacial score (nSPS) is 35.9. The Kier molecular flexibility index (Phi) is 7.33. The lowest BCUT2D eigenvalue weighted by Crippen LogP contribution is -2.62. The van der Waals surface area contributed by atoms with Gasteiger partial charge in [-0.1, -0.05) is 38.8 Å². The van der Waals surface area contributed by atoms with Gasteiger partial charge in [-0.25, -0.2) is 4.79 Å². The molecule has 4 aliphatic rings. The quantitative estimate of drug-likeness (QED) is 0.364. The van der Waals surface area contributed by atoms with E-state index in [2.05, 4.69) is 25.4 Å². The monoisotopic (exact) mass is 513 g/mol. The number of rotatable bonds is 8. The molecule has 202 valence electrons. The molecule has 1 aromatic heterocycles. The summed E-state index contributed by atoms with van der Waals surface area (Å²) >= 11 is 0. The van der Waals surface area contributed by atoms with E-state index in [9.17, 15) is 14.7 Å². The highest BCUT2D eigenvalue weighted by Crippen LogP contribution is 2.63. The summed E-state index contributed by atoms with van der Waals surface area (Å²) in [5, 5.41) is 9.57. The molecule has 8 heteroatoms. The maximum absolute atomic E-state index is 11.7. The number of carboxylic acids is 1. The van der Waals surface area contributed by atoms with Crippen LogP contribution in [0.1, 0.15) is 82.0 Å². The van der Waals surface area contributed by atoms with Gasteiger partial charge in [0, 0.05) is 17.5 Å². The van der Waals surface area contributed by atoms with E-state index in [0.29, 0.717) is 18.3 Å². The highest BCUT2D eigenvalue weighted by molar-refractivity contribution is 5.91. The van der Waals surface area contributed by atoms with Gasteiger partial charge in [-0.3, -0.25) is 9.78 Å². The van der Waals surface area contributed by atoms with Gasteiger partial charge in [0.25, 0.3) is 6.47 Å². The summed E-state index contributed by atoms with van der Waals surface area (Å²) in [6.07, 6.45) is 12.4. The van der Waals surface area contributed by atoms with Gasteiger partial charge >= 0.3 is 5.97 Å². The second-order valence-electron chi connectivity index (χ2n) is 11.9. The van der Waals surface area contributed by atoms with Gasteiger partial charge in [0.1, 0.15) is 5.56 Å². The number of carbonyl (C=O) groups is 2. The Labute approximate surface area is 218 Å². The first kappa shape index (κ1) is 26.2. The standard InChI is InChI=1S/C29H39NO7/c1-18-8-9-23-28(2,12-10-24-29(23,3)16-35-27(37-24)19-6-4-5-7-19)21(18)11-13-34-25-20(26(32)33)14-30-15-22(25)36-17-31/h14-15,17,19,21,23-24,27H,1,4-13,16H2,2-3H3,(H,32,33)/t21-,23?,24-,27-,28+,29+/m1/s1.